The van der Waals surface area contributed by atoms with E-state index in [0.717, 1.165) is 28.3 Å². The Balaban J connectivity index is 2.34. The molecule has 0 radical (unpaired) electrons. The first-order valence-corrected chi connectivity index (χ1v) is 6.80. The highest BCUT2D eigenvalue weighted by Crippen LogP contribution is 2.22. The highest BCUT2D eigenvalue weighted by Gasteiger charge is 2.00. The number of anilines is 1. The molecule has 1 aromatic heterocycles. The van der Waals surface area contributed by atoms with E-state index in [9.17, 15) is 0 Å². The second-order valence-corrected chi connectivity index (χ2v) is 5.21. The van der Waals surface area contributed by atoms with Crippen LogP contribution in [0.15, 0.2) is 29.4 Å². The minimum Gasteiger partial charge on any atom is -0.368 e. The minimum absolute atomic E-state index is 0.633. The van der Waals surface area contributed by atoms with Crippen molar-refractivity contribution < 1.29 is 0 Å². The molecule has 5 heteroatoms. The zero-order valence-electron chi connectivity index (χ0n) is 8.17. The van der Waals surface area contributed by atoms with E-state index in [1.807, 2.05) is 23.9 Å². The maximum absolute atomic E-state index is 5.78. The Morgan fingerprint density at radius 1 is 1.67 bits per heavy atom. The molecule has 15 heavy (non-hydrogen) atoms. The lowest BCUT2D eigenvalue weighted by Gasteiger charge is -2.06. The third kappa shape index (κ3) is 4.91. The normalized spacial score (nSPS) is 10.0. The van der Waals surface area contributed by atoms with Crippen LogP contribution in [0.3, 0.4) is 0 Å². The molecule has 0 spiro atoms. The van der Waals surface area contributed by atoms with Crippen molar-refractivity contribution in [3.05, 3.63) is 34.4 Å². The fourth-order valence-electron chi connectivity index (χ4n) is 0.953. The summed E-state index contributed by atoms with van der Waals surface area (Å²) in [7, 11) is 0. The van der Waals surface area contributed by atoms with Crippen LogP contribution in [-0.2, 0) is 0 Å². The summed E-state index contributed by atoms with van der Waals surface area (Å²) in [6.07, 6.45) is 3.53. The summed E-state index contributed by atoms with van der Waals surface area (Å²) >= 11 is 11.0. The van der Waals surface area contributed by atoms with Gasteiger partial charge in [0.15, 0.2) is 0 Å². The molecule has 0 fully saturated rings. The summed E-state index contributed by atoms with van der Waals surface area (Å²) in [6.45, 7) is 4.55. The molecule has 0 aliphatic carbocycles. The average Bonchev–Trinajstić information content (AvgIpc) is 2.20. The number of aromatic nitrogens is 1. The van der Waals surface area contributed by atoms with Crippen molar-refractivity contribution in [2.24, 2.45) is 0 Å². The first-order valence-electron chi connectivity index (χ1n) is 4.47. The van der Waals surface area contributed by atoms with Crippen LogP contribution in [-0.4, -0.2) is 23.0 Å². The van der Waals surface area contributed by atoms with Crippen LogP contribution in [0.1, 0.15) is 0 Å². The summed E-state index contributed by atoms with van der Waals surface area (Å²) in [5, 5.41) is 3.86. The van der Waals surface area contributed by atoms with Crippen LogP contribution < -0.4 is 5.32 Å². The molecule has 1 aromatic rings. The van der Waals surface area contributed by atoms with E-state index in [1.165, 1.54) is 0 Å². The third-order valence-corrected chi connectivity index (χ3v) is 3.36. The van der Waals surface area contributed by atoms with Gasteiger partial charge in [-0.3, -0.25) is 0 Å². The maximum Gasteiger partial charge on any atom is 0.140 e. The Morgan fingerprint density at radius 3 is 3.13 bits per heavy atom. The molecule has 0 amide bonds. The van der Waals surface area contributed by atoms with Crippen LogP contribution >= 0.6 is 39.3 Å². The van der Waals surface area contributed by atoms with E-state index in [-0.39, 0.29) is 0 Å². The van der Waals surface area contributed by atoms with E-state index in [1.54, 1.807) is 6.20 Å². The molecule has 82 valence electrons. The highest BCUT2D eigenvalue weighted by molar-refractivity contribution is 9.10. The Morgan fingerprint density at radius 2 is 2.47 bits per heavy atom. The van der Waals surface area contributed by atoms with Crippen LogP contribution in [0.25, 0.3) is 0 Å². The number of hydrogen-bond acceptors (Lipinski definition) is 3. The van der Waals surface area contributed by atoms with E-state index in [4.69, 9.17) is 11.6 Å². The minimum atomic E-state index is 0.633. The summed E-state index contributed by atoms with van der Waals surface area (Å²) in [5.41, 5.74) is 0. The van der Waals surface area contributed by atoms with Gasteiger partial charge in [0, 0.05) is 24.2 Å². The number of halogens is 2. The topological polar surface area (TPSA) is 24.9 Å². The zero-order valence-corrected chi connectivity index (χ0v) is 11.3. The molecule has 0 atom stereocenters. The second-order valence-electron chi connectivity index (χ2n) is 2.77. The van der Waals surface area contributed by atoms with Gasteiger partial charge in [-0.1, -0.05) is 17.7 Å². The smallest absolute Gasteiger partial charge is 0.140 e. The van der Waals surface area contributed by atoms with Crippen LogP contribution in [0.5, 0.6) is 0 Å². The van der Waals surface area contributed by atoms with Gasteiger partial charge < -0.3 is 5.32 Å². The van der Waals surface area contributed by atoms with Crippen molar-refractivity contribution >= 4 is 45.1 Å². The molecule has 2 nitrogen and oxygen atoms in total. The first kappa shape index (κ1) is 12.9. The number of hydrogen-bond donors (Lipinski definition) is 1. The zero-order chi connectivity index (χ0) is 11.1. The largest absolute Gasteiger partial charge is 0.368 e. The van der Waals surface area contributed by atoms with Crippen LogP contribution in [0, 0.1) is 0 Å². The molecule has 1 heterocycles. The molecule has 0 aromatic carbocycles. The Bertz CT molecular complexity index is 333. The number of nitrogens with zero attached hydrogens (tertiary/aromatic N) is 1. The SMILES string of the molecule is C=CCSCCNc1ncc(Cl)cc1Br. The molecule has 0 saturated heterocycles. The van der Waals surface area contributed by atoms with Crippen molar-refractivity contribution in [2.75, 3.05) is 23.4 Å². The summed E-state index contributed by atoms with van der Waals surface area (Å²) in [4.78, 5) is 4.18. The van der Waals surface area contributed by atoms with E-state index >= 15 is 0 Å². The van der Waals surface area contributed by atoms with Gasteiger partial charge in [0.1, 0.15) is 5.82 Å². The Labute approximate surface area is 108 Å². The van der Waals surface area contributed by atoms with Gasteiger partial charge in [0.2, 0.25) is 0 Å². The van der Waals surface area contributed by atoms with Crippen LogP contribution in [0.2, 0.25) is 5.02 Å². The van der Waals surface area contributed by atoms with Gasteiger partial charge in [0.25, 0.3) is 0 Å². The van der Waals surface area contributed by atoms with Crippen molar-refractivity contribution in [1.29, 1.82) is 0 Å². The van der Waals surface area contributed by atoms with Gasteiger partial charge in [-0.05, 0) is 22.0 Å². The standard InChI is InChI=1S/C10H12BrClN2S/c1-2-4-15-5-3-13-10-9(11)6-8(12)7-14-10/h2,6-7H,1,3-5H2,(H,13,14). The van der Waals surface area contributed by atoms with E-state index in [0.29, 0.717) is 5.02 Å². The van der Waals surface area contributed by atoms with Crippen molar-refractivity contribution in [3.8, 4) is 0 Å². The summed E-state index contributed by atoms with van der Waals surface area (Å²) in [5.74, 6) is 2.85. The molecule has 0 aliphatic heterocycles. The Hall–Kier alpha value is -0.190. The number of thioether (sulfide) groups is 1. The van der Waals surface area contributed by atoms with Gasteiger partial charge in [0.05, 0.1) is 9.50 Å². The lowest BCUT2D eigenvalue weighted by Crippen LogP contribution is -2.06. The molecular weight excluding hydrogens is 296 g/mol. The predicted octanol–water partition coefficient (Wildman–Crippen LogP) is 3.83. The van der Waals surface area contributed by atoms with Gasteiger partial charge >= 0.3 is 0 Å². The monoisotopic (exact) mass is 306 g/mol. The second kappa shape index (κ2) is 7.14. The number of nitrogens with one attached hydrogen (secondary N) is 1. The fraction of sp³-hybridized carbons (Fsp3) is 0.300. The number of pyridine rings is 1. The molecule has 1 N–H and O–H groups in total. The highest BCUT2D eigenvalue weighted by atomic mass is 79.9. The summed E-state index contributed by atoms with van der Waals surface area (Å²) < 4.78 is 0.892. The lowest BCUT2D eigenvalue weighted by molar-refractivity contribution is 1.16. The van der Waals surface area contributed by atoms with Crippen LogP contribution in [0.4, 0.5) is 5.82 Å². The predicted molar refractivity (Wildman–Crippen MR) is 73.0 cm³/mol. The molecule has 1 rings (SSSR count). The molecule has 0 saturated carbocycles. The Kier molecular flexibility index (Phi) is 6.13. The lowest BCUT2D eigenvalue weighted by atomic mass is 10.4. The summed E-state index contributed by atoms with van der Waals surface area (Å²) in [6, 6.07) is 1.83. The van der Waals surface area contributed by atoms with Crippen molar-refractivity contribution in [3.63, 3.8) is 0 Å². The van der Waals surface area contributed by atoms with E-state index in [2.05, 4.69) is 32.8 Å². The number of rotatable bonds is 6. The fourth-order valence-corrected chi connectivity index (χ4v) is 2.31. The quantitative estimate of drug-likeness (QED) is 0.639. The average molecular weight is 308 g/mol. The molecular formula is C10H12BrClN2S. The molecule has 0 aliphatic rings. The van der Waals surface area contributed by atoms with Gasteiger partial charge in [-0.25, -0.2) is 4.98 Å². The van der Waals surface area contributed by atoms with Gasteiger partial charge in [-0.2, -0.15) is 11.8 Å². The van der Waals surface area contributed by atoms with Crippen molar-refractivity contribution in [2.45, 2.75) is 0 Å². The third-order valence-electron chi connectivity index (χ3n) is 1.58. The molecule has 0 unspecified atom stereocenters. The van der Waals surface area contributed by atoms with Crippen molar-refractivity contribution in [1.82, 2.24) is 4.98 Å². The first-order chi connectivity index (χ1) is 7.24. The van der Waals surface area contributed by atoms with E-state index < -0.39 is 0 Å². The maximum atomic E-state index is 5.78. The molecule has 0 bridgehead atoms. The van der Waals surface area contributed by atoms with Gasteiger partial charge in [-0.15, -0.1) is 6.58 Å².